The third-order valence-corrected chi connectivity index (χ3v) is 5.44. The minimum absolute atomic E-state index is 0.00325. The molecule has 6 nitrogen and oxygen atoms in total. The van der Waals surface area contributed by atoms with E-state index < -0.39 is 10.0 Å². The fourth-order valence-electron chi connectivity index (χ4n) is 2.16. The number of anilines is 1. The maximum Gasteiger partial charge on any atom is 0.242 e. The molecule has 2 aromatic carbocycles. The van der Waals surface area contributed by atoms with Crippen LogP contribution in [0.2, 0.25) is 0 Å². The molecule has 7 heteroatoms. The SMILES string of the molecule is Cc1ccccc1CC(=O)Nc1cc(S(=O)(=O)N(C)C)ccc1O. The van der Waals surface area contributed by atoms with Crippen molar-refractivity contribution >= 4 is 21.6 Å². The van der Waals surface area contributed by atoms with Crippen LogP contribution in [0.1, 0.15) is 11.1 Å². The first kappa shape index (κ1) is 18.0. The second kappa shape index (κ2) is 7.02. The Hall–Kier alpha value is -2.38. The first-order valence-electron chi connectivity index (χ1n) is 7.31. The van der Waals surface area contributed by atoms with Crippen molar-refractivity contribution in [1.29, 1.82) is 0 Å². The zero-order chi connectivity index (χ0) is 17.9. The number of aromatic hydroxyl groups is 1. The van der Waals surface area contributed by atoms with Gasteiger partial charge in [0, 0.05) is 14.1 Å². The topological polar surface area (TPSA) is 86.7 Å². The third kappa shape index (κ3) is 3.93. The number of nitrogens with one attached hydrogen (secondary N) is 1. The molecule has 0 aromatic heterocycles. The quantitative estimate of drug-likeness (QED) is 0.811. The van der Waals surface area contributed by atoms with Crippen molar-refractivity contribution in [3.8, 4) is 5.75 Å². The van der Waals surface area contributed by atoms with Gasteiger partial charge in [0.2, 0.25) is 15.9 Å². The molecule has 2 N–H and O–H groups in total. The van der Waals surface area contributed by atoms with E-state index in [4.69, 9.17) is 0 Å². The van der Waals surface area contributed by atoms with Crippen LogP contribution in [-0.4, -0.2) is 37.8 Å². The molecule has 2 rings (SSSR count). The van der Waals surface area contributed by atoms with Crippen LogP contribution in [-0.2, 0) is 21.2 Å². The van der Waals surface area contributed by atoms with Crippen LogP contribution in [0.3, 0.4) is 0 Å². The Kier molecular flexibility index (Phi) is 5.26. The molecule has 0 bridgehead atoms. The largest absolute Gasteiger partial charge is 0.506 e. The van der Waals surface area contributed by atoms with Gasteiger partial charge >= 0.3 is 0 Å². The first-order chi connectivity index (χ1) is 11.2. The summed E-state index contributed by atoms with van der Waals surface area (Å²) in [7, 11) is -0.816. The number of carbonyl (C=O) groups excluding carboxylic acids is 1. The first-order valence-corrected chi connectivity index (χ1v) is 8.75. The molecule has 0 heterocycles. The molecule has 0 unspecified atom stereocenters. The van der Waals surface area contributed by atoms with Crippen LogP contribution in [0.4, 0.5) is 5.69 Å². The molecule has 0 aliphatic heterocycles. The van der Waals surface area contributed by atoms with Crippen LogP contribution >= 0.6 is 0 Å². The lowest BCUT2D eigenvalue weighted by atomic mass is 10.1. The molecule has 2 aromatic rings. The number of nitrogens with zero attached hydrogens (tertiary/aromatic N) is 1. The molecule has 0 radical (unpaired) electrons. The van der Waals surface area contributed by atoms with Gasteiger partial charge in [-0.1, -0.05) is 24.3 Å². The van der Waals surface area contributed by atoms with E-state index in [1.54, 1.807) is 0 Å². The lowest BCUT2D eigenvalue weighted by Gasteiger charge is -2.14. The second-order valence-corrected chi connectivity index (χ2v) is 7.77. The van der Waals surface area contributed by atoms with Gasteiger partial charge in [0.25, 0.3) is 0 Å². The summed E-state index contributed by atoms with van der Waals surface area (Å²) in [6, 6.07) is 11.3. The molecule has 128 valence electrons. The Balaban J connectivity index is 2.23. The molecule has 0 aliphatic carbocycles. The van der Waals surface area contributed by atoms with Gasteiger partial charge in [-0.3, -0.25) is 4.79 Å². The van der Waals surface area contributed by atoms with Crippen molar-refractivity contribution in [3.05, 3.63) is 53.6 Å². The van der Waals surface area contributed by atoms with E-state index >= 15 is 0 Å². The minimum atomic E-state index is -3.65. The number of phenolic OH excluding ortho intramolecular Hbond substituents is 1. The Bertz CT molecular complexity index is 861. The normalized spacial score (nSPS) is 11.5. The van der Waals surface area contributed by atoms with Crippen LogP contribution in [0.25, 0.3) is 0 Å². The minimum Gasteiger partial charge on any atom is -0.506 e. The maximum atomic E-state index is 12.2. The molecular weight excluding hydrogens is 328 g/mol. The summed E-state index contributed by atoms with van der Waals surface area (Å²) >= 11 is 0. The van der Waals surface area contributed by atoms with E-state index in [0.717, 1.165) is 15.4 Å². The number of hydrogen-bond acceptors (Lipinski definition) is 4. The van der Waals surface area contributed by atoms with Crippen LogP contribution in [0, 0.1) is 6.92 Å². The summed E-state index contributed by atoms with van der Waals surface area (Å²) in [6.45, 7) is 1.91. The molecule has 0 atom stereocenters. The number of aryl methyl sites for hydroxylation is 1. The molecular formula is C17H20N2O4S. The van der Waals surface area contributed by atoms with Gasteiger partial charge in [0.05, 0.1) is 17.0 Å². The zero-order valence-corrected chi connectivity index (χ0v) is 14.6. The van der Waals surface area contributed by atoms with Crippen molar-refractivity contribution in [3.63, 3.8) is 0 Å². The number of rotatable bonds is 5. The van der Waals surface area contributed by atoms with Gasteiger partial charge in [-0.2, -0.15) is 0 Å². The van der Waals surface area contributed by atoms with E-state index in [2.05, 4.69) is 5.32 Å². The molecule has 0 saturated carbocycles. The second-order valence-electron chi connectivity index (χ2n) is 5.62. The highest BCUT2D eigenvalue weighted by molar-refractivity contribution is 7.89. The van der Waals surface area contributed by atoms with Gasteiger partial charge in [-0.15, -0.1) is 0 Å². The van der Waals surface area contributed by atoms with E-state index in [9.17, 15) is 18.3 Å². The number of benzene rings is 2. The molecule has 0 saturated heterocycles. The number of sulfonamides is 1. The van der Waals surface area contributed by atoms with Crippen molar-refractivity contribution in [2.75, 3.05) is 19.4 Å². The van der Waals surface area contributed by atoms with Crippen molar-refractivity contribution < 1.29 is 18.3 Å². The van der Waals surface area contributed by atoms with Crippen molar-refractivity contribution in [2.24, 2.45) is 0 Å². The fraction of sp³-hybridized carbons (Fsp3) is 0.235. The maximum absolute atomic E-state index is 12.2. The summed E-state index contributed by atoms with van der Waals surface area (Å²) in [5.41, 5.74) is 1.92. The highest BCUT2D eigenvalue weighted by atomic mass is 32.2. The van der Waals surface area contributed by atoms with Crippen molar-refractivity contribution in [1.82, 2.24) is 4.31 Å². The summed E-state index contributed by atoms with van der Waals surface area (Å²) in [5, 5.41) is 12.5. The van der Waals surface area contributed by atoms with Gasteiger partial charge in [0.15, 0.2) is 0 Å². The smallest absolute Gasteiger partial charge is 0.242 e. The van der Waals surface area contributed by atoms with Gasteiger partial charge < -0.3 is 10.4 Å². The number of amides is 1. The third-order valence-electron chi connectivity index (χ3n) is 3.63. The number of hydrogen-bond donors (Lipinski definition) is 2. The summed E-state index contributed by atoms with van der Waals surface area (Å²) in [4.78, 5) is 12.2. The van der Waals surface area contributed by atoms with Gasteiger partial charge in [0.1, 0.15) is 5.75 Å². The summed E-state index contributed by atoms with van der Waals surface area (Å²) < 4.78 is 25.4. The standard InChI is InChI=1S/C17H20N2O4S/c1-12-6-4-5-7-13(12)10-17(21)18-15-11-14(8-9-16(15)20)24(22,23)19(2)3/h4-9,11,20H,10H2,1-3H3,(H,18,21). The predicted molar refractivity (Wildman–Crippen MR) is 92.5 cm³/mol. The van der Waals surface area contributed by atoms with Crippen molar-refractivity contribution in [2.45, 2.75) is 18.2 Å². The van der Waals surface area contributed by atoms with E-state index in [1.165, 1.54) is 32.3 Å². The average Bonchev–Trinajstić information content (AvgIpc) is 2.51. The van der Waals surface area contributed by atoms with Gasteiger partial charge in [-0.25, -0.2) is 12.7 Å². The lowest BCUT2D eigenvalue weighted by Crippen LogP contribution is -2.22. The Morgan fingerprint density at radius 3 is 2.46 bits per heavy atom. The molecule has 0 spiro atoms. The molecule has 24 heavy (non-hydrogen) atoms. The predicted octanol–water partition coefficient (Wildman–Crippen LogP) is 2.13. The molecule has 0 aliphatic rings. The van der Waals surface area contributed by atoms with Crippen LogP contribution < -0.4 is 5.32 Å². The number of phenols is 1. The summed E-state index contributed by atoms with van der Waals surface area (Å²) in [5.74, 6) is -0.523. The van der Waals surface area contributed by atoms with E-state index in [1.807, 2.05) is 31.2 Å². The lowest BCUT2D eigenvalue weighted by molar-refractivity contribution is -0.115. The molecule has 1 amide bonds. The van der Waals surface area contributed by atoms with Gasteiger partial charge in [-0.05, 0) is 36.2 Å². The highest BCUT2D eigenvalue weighted by Crippen LogP contribution is 2.27. The van der Waals surface area contributed by atoms with Crippen LogP contribution in [0.5, 0.6) is 5.75 Å². The average molecular weight is 348 g/mol. The number of carbonyl (C=O) groups is 1. The highest BCUT2D eigenvalue weighted by Gasteiger charge is 2.19. The van der Waals surface area contributed by atoms with E-state index in [0.29, 0.717) is 0 Å². The Morgan fingerprint density at radius 2 is 1.83 bits per heavy atom. The molecule has 0 fully saturated rings. The Labute approximate surface area is 141 Å². The van der Waals surface area contributed by atoms with Crippen LogP contribution in [0.15, 0.2) is 47.4 Å². The zero-order valence-electron chi connectivity index (χ0n) is 13.8. The fourth-order valence-corrected chi connectivity index (χ4v) is 3.09. The summed E-state index contributed by atoms with van der Waals surface area (Å²) in [6.07, 6.45) is 0.136. The van der Waals surface area contributed by atoms with E-state index in [-0.39, 0.29) is 28.7 Å². The Morgan fingerprint density at radius 1 is 1.17 bits per heavy atom. The monoisotopic (exact) mass is 348 g/mol.